The number of carbonyl (C=O) groups excluding carboxylic acids is 7. The molecule has 5 N–H and O–H groups in total. The normalized spacial score (nSPS) is 21.8. The zero-order chi connectivity index (χ0) is 37.1. The van der Waals surface area contributed by atoms with Crippen LogP contribution in [-0.4, -0.2) is 100 Å². The topological polar surface area (TPSA) is 201 Å². The maximum Gasteiger partial charge on any atom is 0.245 e. The van der Waals surface area contributed by atoms with Crippen molar-refractivity contribution >= 4 is 41.2 Å². The minimum absolute atomic E-state index is 0.0355. The fourth-order valence-electron chi connectivity index (χ4n) is 5.82. The molecule has 1 aromatic heterocycles. The van der Waals surface area contributed by atoms with Gasteiger partial charge in [0, 0.05) is 38.7 Å². The van der Waals surface area contributed by atoms with Gasteiger partial charge >= 0.3 is 0 Å². The largest absolute Gasteiger partial charge is 0.355 e. The molecule has 0 saturated carbocycles. The summed E-state index contributed by atoms with van der Waals surface area (Å²) in [6.45, 7) is 9.91. The standard InChI is InChI=1S/C35H50N8O7/c1-20(2)31-34(49)37-22(4)32(47)39-27(18-25-12-9-8-10-13-25)35(50)42(7)19-29(46)36-16-11-14-26(33(48)40-31)38-28(45)15-17-43-23(5)30(24(6)44)21(3)41-43/h8-10,12-13,20,22,26-27,31H,11,14-19H2,1-7H3,(H,36,46)(H,37,49)(H,38,45)(H,39,47)(H,40,48)/t22-,26+,27+,31-/m1/s1. The van der Waals surface area contributed by atoms with Crippen LogP contribution in [0.15, 0.2) is 30.3 Å². The number of likely N-dealkylation sites (N-methyl/N-ethyl adjacent to an activating group) is 1. The second kappa shape index (κ2) is 18.1. The molecular weight excluding hydrogens is 644 g/mol. The van der Waals surface area contributed by atoms with Gasteiger partial charge < -0.3 is 31.5 Å². The number of Topliss-reactive ketones (excluding diaryl/α,β-unsaturated/α-hetero) is 1. The van der Waals surface area contributed by atoms with E-state index in [9.17, 15) is 33.6 Å². The van der Waals surface area contributed by atoms with Crippen LogP contribution in [-0.2, 0) is 41.7 Å². The van der Waals surface area contributed by atoms with Crippen LogP contribution in [0.2, 0.25) is 0 Å². The molecule has 50 heavy (non-hydrogen) atoms. The molecule has 4 atom stereocenters. The van der Waals surface area contributed by atoms with Gasteiger partial charge in [-0.3, -0.25) is 38.2 Å². The number of carbonyl (C=O) groups is 7. The highest BCUT2D eigenvalue weighted by molar-refractivity contribution is 5.97. The predicted octanol–water partition coefficient (Wildman–Crippen LogP) is 0.319. The number of hydrogen-bond acceptors (Lipinski definition) is 8. The van der Waals surface area contributed by atoms with Gasteiger partial charge in [-0.15, -0.1) is 0 Å². The van der Waals surface area contributed by atoms with Crippen LogP contribution in [0.3, 0.4) is 0 Å². The van der Waals surface area contributed by atoms with Crippen molar-refractivity contribution in [2.45, 2.75) is 97.9 Å². The summed E-state index contributed by atoms with van der Waals surface area (Å²) in [4.78, 5) is 92.9. The van der Waals surface area contributed by atoms with Crippen molar-refractivity contribution in [2.75, 3.05) is 20.1 Å². The molecule has 0 aliphatic carbocycles. The Morgan fingerprint density at radius 1 is 0.980 bits per heavy atom. The first-order valence-corrected chi connectivity index (χ1v) is 16.9. The average molecular weight is 695 g/mol. The molecule has 1 fully saturated rings. The van der Waals surface area contributed by atoms with Crippen LogP contribution in [0.25, 0.3) is 0 Å². The number of nitrogens with zero attached hydrogens (tertiary/aromatic N) is 3. The van der Waals surface area contributed by atoms with Gasteiger partial charge in [-0.1, -0.05) is 44.2 Å². The number of aromatic nitrogens is 2. The van der Waals surface area contributed by atoms with Crippen LogP contribution >= 0.6 is 0 Å². The summed E-state index contributed by atoms with van der Waals surface area (Å²) < 4.78 is 1.58. The smallest absolute Gasteiger partial charge is 0.245 e. The molecule has 15 nitrogen and oxygen atoms in total. The van der Waals surface area contributed by atoms with Crippen molar-refractivity contribution in [1.82, 2.24) is 41.3 Å². The Morgan fingerprint density at radius 3 is 2.28 bits per heavy atom. The van der Waals surface area contributed by atoms with E-state index in [1.54, 1.807) is 32.4 Å². The van der Waals surface area contributed by atoms with Crippen molar-refractivity contribution in [2.24, 2.45) is 5.92 Å². The Kier molecular flexibility index (Phi) is 14.2. The molecule has 2 aromatic rings. The second-order valence-corrected chi connectivity index (χ2v) is 13.1. The van der Waals surface area contributed by atoms with E-state index in [2.05, 4.69) is 31.7 Å². The molecule has 0 bridgehead atoms. The Labute approximate surface area is 292 Å². The third-order valence-corrected chi connectivity index (χ3v) is 8.58. The highest BCUT2D eigenvalue weighted by Crippen LogP contribution is 2.14. The first kappa shape index (κ1) is 39.4. The van der Waals surface area contributed by atoms with Crippen LogP contribution in [0.4, 0.5) is 0 Å². The lowest BCUT2D eigenvalue weighted by atomic mass is 10.0. The third-order valence-electron chi connectivity index (χ3n) is 8.58. The molecular formula is C35H50N8O7. The zero-order valence-corrected chi connectivity index (χ0v) is 29.9. The molecule has 0 spiro atoms. The van der Waals surface area contributed by atoms with Crippen molar-refractivity contribution in [3.8, 4) is 0 Å². The number of ketones is 1. The van der Waals surface area contributed by atoms with Crippen LogP contribution in [0.1, 0.15) is 74.3 Å². The third kappa shape index (κ3) is 11.0. The summed E-state index contributed by atoms with van der Waals surface area (Å²) in [6.07, 6.45) is 0.553. The molecule has 1 aliphatic heterocycles. The average Bonchev–Trinajstić information content (AvgIpc) is 3.35. The van der Waals surface area contributed by atoms with E-state index in [4.69, 9.17) is 0 Å². The minimum atomic E-state index is -1.08. The molecule has 3 rings (SSSR count). The fourth-order valence-corrected chi connectivity index (χ4v) is 5.82. The summed E-state index contributed by atoms with van der Waals surface area (Å²) >= 11 is 0. The van der Waals surface area contributed by atoms with E-state index >= 15 is 0 Å². The van der Waals surface area contributed by atoms with Crippen molar-refractivity contribution < 1.29 is 33.6 Å². The summed E-state index contributed by atoms with van der Waals surface area (Å²) in [7, 11) is 1.46. The van der Waals surface area contributed by atoms with Gasteiger partial charge in [0.05, 0.1) is 17.8 Å². The Morgan fingerprint density at radius 2 is 1.66 bits per heavy atom. The maximum atomic E-state index is 13.6. The Balaban J connectivity index is 1.79. The number of rotatable bonds is 8. The number of benzene rings is 1. The molecule has 15 heteroatoms. The van der Waals surface area contributed by atoms with Crippen molar-refractivity contribution in [3.05, 3.63) is 52.8 Å². The van der Waals surface area contributed by atoms with E-state index in [0.29, 0.717) is 23.4 Å². The highest BCUT2D eigenvalue weighted by atomic mass is 16.2. The summed E-state index contributed by atoms with van der Waals surface area (Å²) in [5.74, 6) is -3.72. The van der Waals surface area contributed by atoms with Crippen molar-refractivity contribution in [3.63, 3.8) is 0 Å². The van der Waals surface area contributed by atoms with Gasteiger partial charge in [-0.05, 0) is 52.0 Å². The van der Waals surface area contributed by atoms with E-state index in [-0.39, 0.29) is 44.7 Å². The summed E-state index contributed by atoms with van der Waals surface area (Å²) in [5.41, 5.74) is 2.50. The molecule has 1 saturated heterocycles. The second-order valence-electron chi connectivity index (χ2n) is 13.1. The molecule has 6 amide bonds. The van der Waals surface area contributed by atoms with Gasteiger partial charge in [0.1, 0.15) is 24.2 Å². The lowest BCUT2D eigenvalue weighted by Crippen LogP contribution is -2.59. The van der Waals surface area contributed by atoms with E-state index < -0.39 is 65.5 Å². The highest BCUT2D eigenvalue weighted by Gasteiger charge is 2.32. The van der Waals surface area contributed by atoms with Gasteiger partial charge in [0.2, 0.25) is 35.4 Å². The Bertz CT molecular complexity index is 1570. The molecule has 2 heterocycles. The van der Waals surface area contributed by atoms with Gasteiger partial charge in [-0.2, -0.15) is 5.10 Å². The number of amides is 6. The quantitative estimate of drug-likeness (QED) is 0.243. The molecule has 0 radical (unpaired) electrons. The summed E-state index contributed by atoms with van der Waals surface area (Å²) in [5, 5.41) is 17.9. The van der Waals surface area contributed by atoms with Gasteiger partial charge in [0.25, 0.3) is 0 Å². The number of nitrogens with one attached hydrogen (secondary N) is 5. The lowest BCUT2D eigenvalue weighted by Gasteiger charge is -2.28. The molecule has 0 unspecified atom stereocenters. The predicted molar refractivity (Wildman–Crippen MR) is 185 cm³/mol. The van der Waals surface area contributed by atoms with Crippen LogP contribution < -0.4 is 26.6 Å². The fraction of sp³-hybridized carbons (Fsp3) is 0.543. The SMILES string of the molecule is CC(=O)c1c(C)nn(CCC(=O)N[C@H]2CCCNC(=O)CN(C)C(=O)[C@H](Cc3ccccc3)NC(=O)[C@@H](C)NC(=O)[C@@H](C(C)C)NC2=O)c1C. The van der Waals surface area contributed by atoms with E-state index in [1.807, 2.05) is 30.3 Å². The summed E-state index contributed by atoms with van der Waals surface area (Å²) in [6, 6.07) is 4.91. The van der Waals surface area contributed by atoms with Crippen LogP contribution in [0, 0.1) is 19.8 Å². The van der Waals surface area contributed by atoms with E-state index in [0.717, 1.165) is 5.56 Å². The first-order chi connectivity index (χ1) is 23.6. The Hall–Kier alpha value is -5.08. The monoisotopic (exact) mass is 694 g/mol. The van der Waals surface area contributed by atoms with Gasteiger partial charge in [0.15, 0.2) is 5.78 Å². The van der Waals surface area contributed by atoms with E-state index in [1.165, 1.54) is 25.8 Å². The molecule has 1 aromatic carbocycles. The lowest BCUT2D eigenvalue weighted by molar-refractivity contribution is -0.139. The first-order valence-electron chi connectivity index (χ1n) is 16.9. The van der Waals surface area contributed by atoms with Crippen molar-refractivity contribution in [1.29, 1.82) is 0 Å². The number of aryl methyl sites for hydroxylation is 2. The number of hydrogen-bond donors (Lipinski definition) is 5. The maximum absolute atomic E-state index is 13.6. The zero-order valence-electron chi connectivity index (χ0n) is 29.9. The molecule has 1 aliphatic rings. The minimum Gasteiger partial charge on any atom is -0.355 e. The van der Waals surface area contributed by atoms with Crippen LogP contribution in [0.5, 0.6) is 0 Å². The van der Waals surface area contributed by atoms with Gasteiger partial charge in [-0.25, -0.2) is 0 Å². The molecule has 272 valence electrons.